The standard InChI is InChI=1S/C17H23NO4S/c1-4-12-18(14-8-6-5-7-9-14)23(19,20)15-10-11-16(21-2)17(13-15)22-3/h1,10-11,13-14H,5-9,12H2,2-3H3. The summed E-state index contributed by atoms with van der Waals surface area (Å²) in [6, 6.07) is 4.59. The van der Waals surface area contributed by atoms with E-state index in [1.165, 1.54) is 30.7 Å². The highest BCUT2D eigenvalue weighted by atomic mass is 32.2. The van der Waals surface area contributed by atoms with Crippen molar-refractivity contribution in [2.75, 3.05) is 20.8 Å². The van der Waals surface area contributed by atoms with Gasteiger partial charge in [0, 0.05) is 12.1 Å². The van der Waals surface area contributed by atoms with Gasteiger partial charge in [0.05, 0.1) is 25.7 Å². The highest BCUT2D eigenvalue weighted by Crippen LogP contribution is 2.33. The second-order valence-electron chi connectivity index (χ2n) is 5.56. The molecule has 0 aromatic heterocycles. The number of hydrogen-bond donors (Lipinski definition) is 0. The van der Waals surface area contributed by atoms with Gasteiger partial charge in [0.25, 0.3) is 0 Å². The first-order valence-corrected chi connectivity index (χ1v) is 9.16. The number of sulfonamides is 1. The fourth-order valence-corrected chi connectivity index (χ4v) is 4.60. The molecule has 0 amide bonds. The number of hydrogen-bond acceptors (Lipinski definition) is 4. The van der Waals surface area contributed by atoms with Gasteiger partial charge in [0.2, 0.25) is 10.0 Å². The smallest absolute Gasteiger partial charge is 0.244 e. The molecule has 0 unspecified atom stereocenters. The third-order valence-corrected chi connectivity index (χ3v) is 6.09. The molecule has 5 nitrogen and oxygen atoms in total. The molecule has 1 aliphatic carbocycles. The van der Waals surface area contributed by atoms with Crippen molar-refractivity contribution in [1.82, 2.24) is 4.31 Å². The lowest BCUT2D eigenvalue weighted by Gasteiger charge is -2.32. The predicted molar refractivity (Wildman–Crippen MR) is 89.1 cm³/mol. The van der Waals surface area contributed by atoms with Gasteiger partial charge in [-0.05, 0) is 25.0 Å². The van der Waals surface area contributed by atoms with E-state index in [9.17, 15) is 8.42 Å². The van der Waals surface area contributed by atoms with Crippen LogP contribution in [0, 0.1) is 12.3 Å². The average molecular weight is 337 g/mol. The quantitative estimate of drug-likeness (QED) is 0.749. The monoisotopic (exact) mass is 337 g/mol. The largest absolute Gasteiger partial charge is 0.493 e. The molecule has 1 aliphatic rings. The molecule has 6 heteroatoms. The molecule has 1 fully saturated rings. The Bertz CT molecular complexity index is 672. The van der Waals surface area contributed by atoms with Crippen molar-refractivity contribution in [2.45, 2.75) is 43.0 Å². The zero-order valence-corrected chi connectivity index (χ0v) is 14.4. The van der Waals surface area contributed by atoms with Gasteiger partial charge in [0.15, 0.2) is 11.5 Å². The molecular weight excluding hydrogens is 314 g/mol. The second kappa shape index (κ2) is 7.71. The highest BCUT2D eigenvalue weighted by molar-refractivity contribution is 7.89. The van der Waals surface area contributed by atoms with Gasteiger partial charge >= 0.3 is 0 Å². The summed E-state index contributed by atoms with van der Waals surface area (Å²) in [5.41, 5.74) is 0. The maximum absolute atomic E-state index is 13.0. The van der Waals surface area contributed by atoms with E-state index >= 15 is 0 Å². The summed E-state index contributed by atoms with van der Waals surface area (Å²) in [5.74, 6) is 3.36. The van der Waals surface area contributed by atoms with E-state index in [1.807, 2.05) is 0 Å². The number of terminal acetylenes is 1. The van der Waals surface area contributed by atoms with E-state index in [4.69, 9.17) is 15.9 Å². The van der Waals surface area contributed by atoms with Crippen LogP contribution < -0.4 is 9.47 Å². The van der Waals surface area contributed by atoms with Gasteiger partial charge in [-0.1, -0.05) is 25.2 Å². The maximum atomic E-state index is 13.0. The van der Waals surface area contributed by atoms with Gasteiger partial charge in [-0.15, -0.1) is 6.42 Å². The molecule has 1 aromatic rings. The zero-order chi connectivity index (χ0) is 16.9. The molecule has 0 radical (unpaired) electrons. The molecule has 2 rings (SSSR count). The highest BCUT2D eigenvalue weighted by Gasteiger charge is 2.32. The Morgan fingerprint density at radius 1 is 1.17 bits per heavy atom. The van der Waals surface area contributed by atoms with Crippen molar-refractivity contribution in [3.05, 3.63) is 18.2 Å². The van der Waals surface area contributed by atoms with E-state index in [-0.39, 0.29) is 17.5 Å². The first-order chi connectivity index (χ1) is 11.0. The minimum absolute atomic E-state index is 0.0297. The summed E-state index contributed by atoms with van der Waals surface area (Å²) in [4.78, 5) is 0.177. The zero-order valence-electron chi connectivity index (χ0n) is 13.6. The molecule has 126 valence electrons. The minimum Gasteiger partial charge on any atom is -0.493 e. The fraction of sp³-hybridized carbons (Fsp3) is 0.529. The van der Waals surface area contributed by atoms with Gasteiger partial charge < -0.3 is 9.47 Å². The maximum Gasteiger partial charge on any atom is 0.244 e. The Morgan fingerprint density at radius 3 is 2.39 bits per heavy atom. The van der Waals surface area contributed by atoms with Gasteiger partial charge in [0.1, 0.15) is 0 Å². The third kappa shape index (κ3) is 3.80. The van der Waals surface area contributed by atoms with Crippen molar-refractivity contribution in [3.8, 4) is 23.8 Å². The number of benzene rings is 1. The lowest BCUT2D eigenvalue weighted by atomic mass is 9.95. The van der Waals surface area contributed by atoms with Crippen LogP contribution in [0.1, 0.15) is 32.1 Å². The number of methoxy groups -OCH3 is 2. The van der Waals surface area contributed by atoms with E-state index in [0.717, 1.165) is 32.1 Å². The number of rotatable bonds is 6. The predicted octanol–water partition coefficient (Wildman–Crippen LogP) is 2.66. The van der Waals surface area contributed by atoms with Crippen LogP contribution in [0.25, 0.3) is 0 Å². The van der Waals surface area contributed by atoms with Crippen molar-refractivity contribution in [1.29, 1.82) is 0 Å². The Kier molecular flexibility index (Phi) is 5.91. The second-order valence-corrected chi connectivity index (χ2v) is 7.45. The van der Waals surface area contributed by atoms with Crippen molar-refractivity contribution in [3.63, 3.8) is 0 Å². The first-order valence-electron chi connectivity index (χ1n) is 7.72. The molecule has 23 heavy (non-hydrogen) atoms. The SMILES string of the molecule is C#CCN(C1CCCCC1)S(=O)(=O)c1ccc(OC)c(OC)c1. The minimum atomic E-state index is -3.67. The van der Waals surface area contributed by atoms with Crippen LogP contribution in [-0.4, -0.2) is 39.5 Å². The van der Waals surface area contributed by atoms with Crippen LogP contribution in [-0.2, 0) is 10.0 Å². The molecule has 0 saturated heterocycles. The third-order valence-electron chi connectivity index (χ3n) is 4.19. The summed E-state index contributed by atoms with van der Waals surface area (Å²) in [6.07, 6.45) is 10.3. The Balaban J connectivity index is 2.39. The van der Waals surface area contributed by atoms with Crippen LogP contribution in [0.5, 0.6) is 11.5 Å². The van der Waals surface area contributed by atoms with Gasteiger partial charge in [-0.25, -0.2) is 8.42 Å². The Hall–Kier alpha value is -1.71. The summed E-state index contributed by atoms with van der Waals surface area (Å²) in [6.45, 7) is 0.0847. The topological polar surface area (TPSA) is 55.8 Å². The summed E-state index contributed by atoms with van der Waals surface area (Å²) in [5, 5.41) is 0. The summed E-state index contributed by atoms with van der Waals surface area (Å²) in [7, 11) is -0.672. The molecule has 0 bridgehead atoms. The lowest BCUT2D eigenvalue weighted by molar-refractivity contribution is 0.271. The molecule has 1 saturated carbocycles. The first kappa shape index (κ1) is 17.6. The van der Waals surface area contributed by atoms with E-state index in [0.29, 0.717) is 11.5 Å². The lowest BCUT2D eigenvalue weighted by Crippen LogP contribution is -2.41. The molecule has 0 heterocycles. The van der Waals surface area contributed by atoms with Crippen molar-refractivity contribution < 1.29 is 17.9 Å². The Morgan fingerprint density at radius 2 is 1.83 bits per heavy atom. The Labute approximate surface area is 138 Å². The number of nitrogens with zero attached hydrogens (tertiary/aromatic N) is 1. The van der Waals surface area contributed by atoms with Gasteiger partial charge in [-0.3, -0.25) is 0 Å². The van der Waals surface area contributed by atoms with E-state index < -0.39 is 10.0 Å². The van der Waals surface area contributed by atoms with E-state index in [1.54, 1.807) is 6.07 Å². The van der Waals surface area contributed by atoms with Crippen LogP contribution in [0.3, 0.4) is 0 Å². The van der Waals surface area contributed by atoms with Crippen molar-refractivity contribution >= 4 is 10.0 Å². The molecule has 0 N–H and O–H groups in total. The summed E-state index contributed by atoms with van der Waals surface area (Å²) < 4.78 is 37.9. The van der Waals surface area contributed by atoms with E-state index in [2.05, 4.69) is 5.92 Å². The number of ether oxygens (including phenoxy) is 2. The van der Waals surface area contributed by atoms with Gasteiger partial charge in [-0.2, -0.15) is 4.31 Å². The summed E-state index contributed by atoms with van der Waals surface area (Å²) >= 11 is 0. The van der Waals surface area contributed by atoms with Crippen LogP contribution >= 0.6 is 0 Å². The molecule has 0 aliphatic heterocycles. The average Bonchev–Trinajstić information content (AvgIpc) is 2.59. The molecule has 0 spiro atoms. The van der Waals surface area contributed by atoms with Crippen molar-refractivity contribution in [2.24, 2.45) is 0 Å². The molecule has 0 atom stereocenters. The normalized spacial score (nSPS) is 16.1. The van der Waals surface area contributed by atoms with Crippen LogP contribution in [0.4, 0.5) is 0 Å². The van der Waals surface area contributed by atoms with Crippen LogP contribution in [0.15, 0.2) is 23.1 Å². The fourth-order valence-electron chi connectivity index (χ4n) is 2.98. The van der Waals surface area contributed by atoms with Crippen LogP contribution in [0.2, 0.25) is 0 Å². The molecule has 1 aromatic carbocycles. The molecular formula is C17H23NO4S.